The molecule has 0 radical (unpaired) electrons. The highest BCUT2D eigenvalue weighted by molar-refractivity contribution is 8.02. The van der Waals surface area contributed by atoms with E-state index >= 15 is 0 Å². The number of piperazine rings is 1. The van der Waals surface area contributed by atoms with Crippen LogP contribution in [0.2, 0.25) is 5.02 Å². The average Bonchev–Trinajstić information content (AvgIpc) is 2.70. The van der Waals surface area contributed by atoms with Gasteiger partial charge in [0.15, 0.2) is 4.75 Å². The number of carbonyl (C=O) groups is 2. The van der Waals surface area contributed by atoms with Crippen LogP contribution in [-0.4, -0.2) is 52.5 Å². The molecule has 1 saturated heterocycles. The number of carbonyl (C=O) groups excluding carboxylic acids is 2. The highest BCUT2D eigenvalue weighted by Gasteiger charge is 2.48. The topological polar surface area (TPSA) is 52.7 Å². The molecule has 0 bridgehead atoms. The van der Waals surface area contributed by atoms with Crippen LogP contribution < -0.4 is 5.32 Å². The molecule has 0 spiro atoms. The highest BCUT2D eigenvalue weighted by Crippen LogP contribution is 2.43. The van der Waals surface area contributed by atoms with Crippen molar-refractivity contribution >= 4 is 40.9 Å². The zero-order valence-corrected chi connectivity index (χ0v) is 17.2. The molecule has 2 aliphatic rings. The third kappa shape index (κ3) is 3.77. The van der Waals surface area contributed by atoms with Crippen molar-refractivity contribution in [3.8, 4) is 0 Å². The number of halogens is 1. The number of fused-ring (bicyclic) bond motifs is 1. The fourth-order valence-corrected chi connectivity index (χ4v) is 4.87. The molecular formula is C21H22ClN3O2S. The van der Waals surface area contributed by atoms with Crippen molar-refractivity contribution in [2.24, 2.45) is 0 Å². The lowest BCUT2D eigenvalue weighted by Crippen LogP contribution is -2.57. The Morgan fingerprint density at radius 2 is 1.79 bits per heavy atom. The summed E-state index contributed by atoms with van der Waals surface area (Å²) in [5.74, 6) is -0.361. The molecule has 0 aromatic heterocycles. The number of anilines is 1. The average molecular weight is 416 g/mol. The number of hydrogen-bond donors (Lipinski definition) is 1. The molecule has 2 aromatic carbocycles. The molecule has 0 aliphatic carbocycles. The van der Waals surface area contributed by atoms with Crippen molar-refractivity contribution in [1.82, 2.24) is 9.80 Å². The molecule has 1 fully saturated rings. The first-order valence-electron chi connectivity index (χ1n) is 9.31. The van der Waals surface area contributed by atoms with E-state index in [1.165, 1.54) is 17.3 Å². The molecule has 1 atom stereocenters. The van der Waals surface area contributed by atoms with Gasteiger partial charge in [-0.15, -0.1) is 0 Å². The summed E-state index contributed by atoms with van der Waals surface area (Å²) in [6, 6.07) is 15.5. The predicted octanol–water partition coefficient (Wildman–Crippen LogP) is 3.49. The Morgan fingerprint density at radius 1 is 1.11 bits per heavy atom. The molecule has 2 aliphatic heterocycles. The number of amides is 2. The zero-order chi connectivity index (χ0) is 19.7. The summed E-state index contributed by atoms with van der Waals surface area (Å²) >= 11 is 7.29. The Balaban J connectivity index is 1.40. The molecule has 1 N–H and O–H groups in total. The molecule has 7 heteroatoms. The van der Waals surface area contributed by atoms with Crippen LogP contribution in [-0.2, 0) is 16.1 Å². The third-order valence-electron chi connectivity index (χ3n) is 5.27. The highest BCUT2D eigenvalue weighted by atomic mass is 35.5. The SMILES string of the molecule is CC1(C(=O)N2CCN(Cc3ccc(Cl)cc3)CC2)Sc2ccccc2NC1=O. The minimum Gasteiger partial charge on any atom is -0.338 e. The van der Waals surface area contributed by atoms with Crippen molar-refractivity contribution in [3.05, 3.63) is 59.1 Å². The van der Waals surface area contributed by atoms with Crippen LogP contribution in [0.25, 0.3) is 0 Å². The molecule has 2 heterocycles. The Bertz CT molecular complexity index is 897. The molecular weight excluding hydrogens is 394 g/mol. The van der Waals surface area contributed by atoms with Crippen molar-refractivity contribution in [1.29, 1.82) is 0 Å². The maximum Gasteiger partial charge on any atom is 0.250 e. The summed E-state index contributed by atoms with van der Waals surface area (Å²) in [6.07, 6.45) is 0. The number of para-hydroxylation sites is 1. The largest absolute Gasteiger partial charge is 0.338 e. The van der Waals surface area contributed by atoms with Gasteiger partial charge in [-0.1, -0.05) is 47.6 Å². The van der Waals surface area contributed by atoms with Crippen molar-refractivity contribution < 1.29 is 9.59 Å². The second-order valence-corrected chi connectivity index (χ2v) is 9.18. The maximum atomic E-state index is 13.2. The van der Waals surface area contributed by atoms with E-state index in [0.717, 1.165) is 35.2 Å². The Kier molecular flexibility index (Phi) is 5.36. The lowest BCUT2D eigenvalue weighted by molar-refractivity contribution is -0.139. The van der Waals surface area contributed by atoms with Crippen LogP contribution in [0.5, 0.6) is 0 Å². The standard InChI is InChI=1S/C21H22ClN3O2S/c1-21(19(26)23-17-4-2-3-5-18(17)28-21)20(27)25-12-10-24(11-13-25)14-15-6-8-16(22)9-7-15/h2-9H,10-14H2,1H3,(H,23,26). The van der Waals surface area contributed by atoms with Gasteiger partial charge in [0.25, 0.3) is 0 Å². The summed E-state index contributed by atoms with van der Waals surface area (Å²) in [5, 5.41) is 3.62. The lowest BCUT2D eigenvalue weighted by atomic mass is 10.1. The first-order chi connectivity index (χ1) is 13.5. The van der Waals surface area contributed by atoms with Gasteiger partial charge in [0.05, 0.1) is 5.69 Å². The minimum absolute atomic E-state index is 0.115. The van der Waals surface area contributed by atoms with E-state index in [-0.39, 0.29) is 11.8 Å². The van der Waals surface area contributed by atoms with E-state index in [1.807, 2.05) is 53.4 Å². The van der Waals surface area contributed by atoms with Crippen LogP contribution >= 0.6 is 23.4 Å². The van der Waals surface area contributed by atoms with E-state index in [0.29, 0.717) is 13.1 Å². The predicted molar refractivity (Wildman–Crippen MR) is 113 cm³/mol. The number of benzene rings is 2. The van der Waals surface area contributed by atoms with E-state index in [1.54, 1.807) is 6.92 Å². The number of hydrogen-bond acceptors (Lipinski definition) is 4. The Morgan fingerprint density at radius 3 is 2.50 bits per heavy atom. The molecule has 1 unspecified atom stereocenters. The fraction of sp³-hybridized carbons (Fsp3) is 0.333. The number of nitrogens with one attached hydrogen (secondary N) is 1. The van der Waals surface area contributed by atoms with Gasteiger partial charge < -0.3 is 10.2 Å². The van der Waals surface area contributed by atoms with Gasteiger partial charge in [-0.3, -0.25) is 14.5 Å². The first-order valence-corrected chi connectivity index (χ1v) is 10.5. The van der Waals surface area contributed by atoms with E-state index in [2.05, 4.69) is 10.2 Å². The molecule has 146 valence electrons. The fourth-order valence-electron chi connectivity index (χ4n) is 3.57. The molecule has 0 saturated carbocycles. The van der Waals surface area contributed by atoms with Crippen LogP contribution in [0, 0.1) is 0 Å². The van der Waals surface area contributed by atoms with Gasteiger partial charge in [-0.2, -0.15) is 0 Å². The van der Waals surface area contributed by atoms with Crippen molar-refractivity contribution in [3.63, 3.8) is 0 Å². The van der Waals surface area contributed by atoms with Gasteiger partial charge in [0.1, 0.15) is 0 Å². The molecule has 4 rings (SSSR count). The van der Waals surface area contributed by atoms with Crippen molar-refractivity contribution in [2.75, 3.05) is 31.5 Å². The van der Waals surface area contributed by atoms with E-state index in [9.17, 15) is 9.59 Å². The van der Waals surface area contributed by atoms with Gasteiger partial charge in [0.2, 0.25) is 11.8 Å². The number of thioether (sulfide) groups is 1. The summed E-state index contributed by atoms with van der Waals surface area (Å²) in [4.78, 5) is 31.0. The summed E-state index contributed by atoms with van der Waals surface area (Å²) in [6.45, 7) is 5.38. The molecule has 5 nitrogen and oxygen atoms in total. The van der Waals surface area contributed by atoms with E-state index in [4.69, 9.17) is 11.6 Å². The smallest absolute Gasteiger partial charge is 0.250 e. The molecule has 2 aromatic rings. The van der Waals surface area contributed by atoms with Gasteiger partial charge in [-0.05, 0) is 36.8 Å². The monoisotopic (exact) mass is 415 g/mol. The second kappa shape index (κ2) is 7.78. The van der Waals surface area contributed by atoms with Gasteiger partial charge >= 0.3 is 0 Å². The van der Waals surface area contributed by atoms with E-state index < -0.39 is 4.75 Å². The van der Waals surface area contributed by atoms with Crippen molar-refractivity contribution in [2.45, 2.75) is 23.1 Å². The zero-order valence-electron chi connectivity index (χ0n) is 15.7. The Hall–Kier alpha value is -2.02. The van der Waals surface area contributed by atoms with Crippen LogP contribution in [0.4, 0.5) is 5.69 Å². The summed E-state index contributed by atoms with van der Waals surface area (Å²) < 4.78 is -1.13. The summed E-state index contributed by atoms with van der Waals surface area (Å²) in [7, 11) is 0. The quantitative estimate of drug-likeness (QED) is 0.780. The second-order valence-electron chi connectivity index (χ2n) is 7.28. The number of nitrogens with zero attached hydrogens (tertiary/aromatic N) is 2. The Labute approximate surface area is 174 Å². The maximum absolute atomic E-state index is 13.2. The van der Waals surface area contributed by atoms with Gasteiger partial charge in [0, 0.05) is 42.6 Å². The van der Waals surface area contributed by atoms with Gasteiger partial charge in [-0.25, -0.2) is 0 Å². The van der Waals surface area contributed by atoms with Crippen LogP contribution in [0.15, 0.2) is 53.4 Å². The normalized spacial score (nSPS) is 22.5. The van der Waals surface area contributed by atoms with Crippen LogP contribution in [0.1, 0.15) is 12.5 Å². The first kappa shape index (κ1) is 19.3. The molecule has 2 amide bonds. The number of rotatable bonds is 3. The minimum atomic E-state index is -1.13. The third-order valence-corrected chi connectivity index (χ3v) is 6.87. The summed E-state index contributed by atoms with van der Waals surface area (Å²) in [5.41, 5.74) is 1.98. The lowest BCUT2D eigenvalue weighted by Gasteiger charge is -2.40. The van der Waals surface area contributed by atoms with Crippen LogP contribution in [0.3, 0.4) is 0 Å². The molecule has 28 heavy (non-hydrogen) atoms.